The van der Waals surface area contributed by atoms with E-state index in [0.29, 0.717) is 0 Å². The fourth-order valence-electron chi connectivity index (χ4n) is 2.83. The molecule has 4 heteroatoms. The first-order valence-corrected chi connectivity index (χ1v) is 8.11. The normalized spacial score (nSPS) is 20.5. The van der Waals surface area contributed by atoms with Gasteiger partial charge in [-0.25, -0.2) is 0 Å². The predicted octanol–water partition coefficient (Wildman–Crippen LogP) is 2.17. The SMILES string of the molecule is Cc1ccc(CNCCN2CCCC2CN(C)C)s1. The van der Waals surface area contributed by atoms with Gasteiger partial charge in [0, 0.05) is 42.0 Å². The van der Waals surface area contributed by atoms with E-state index in [1.54, 1.807) is 0 Å². The predicted molar refractivity (Wildman–Crippen MR) is 83.9 cm³/mol. The number of likely N-dealkylation sites (tertiary alicyclic amines) is 1. The molecule has 0 bridgehead atoms. The van der Waals surface area contributed by atoms with Crippen LogP contribution in [0.15, 0.2) is 12.1 Å². The molecule has 1 unspecified atom stereocenters. The molecular weight excluding hydrogens is 254 g/mol. The van der Waals surface area contributed by atoms with Gasteiger partial charge in [-0.2, -0.15) is 0 Å². The maximum absolute atomic E-state index is 3.57. The number of likely N-dealkylation sites (N-methyl/N-ethyl adjacent to an activating group) is 1. The van der Waals surface area contributed by atoms with Gasteiger partial charge in [-0.3, -0.25) is 4.90 Å². The fourth-order valence-corrected chi connectivity index (χ4v) is 3.69. The first kappa shape index (κ1) is 15.0. The maximum Gasteiger partial charge on any atom is 0.0300 e. The van der Waals surface area contributed by atoms with Crippen LogP contribution in [0.4, 0.5) is 0 Å². The van der Waals surface area contributed by atoms with Crippen molar-refractivity contribution < 1.29 is 0 Å². The van der Waals surface area contributed by atoms with Gasteiger partial charge in [-0.15, -0.1) is 11.3 Å². The van der Waals surface area contributed by atoms with Crippen molar-refractivity contribution in [2.45, 2.75) is 32.4 Å². The molecule has 1 aromatic heterocycles. The number of hydrogen-bond donors (Lipinski definition) is 1. The van der Waals surface area contributed by atoms with Gasteiger partial charge < -0.3 is 10.2 Å². The van der Waals surface area contributed by atoms with E-state index in [1.165, 1.54) is 42.2 Å². The minimum absolute atomic E-state index is 0.765. The third-order valence-electron chi connectivity index (χ3n) is 3.75. The van der Waals surface area contributed by atoms with Crippen molar-refractivity contribution in [1.82, 2.24) is 15.1 Å². The quantitative estimate of drug-likeness (QED) is 0.773. The number of aryl methyl sites for hydroxylation is 1. The minimum Gasteiger partial charge on any atom is -0.311 e. The maximum atomic E-state index is 3.57. The molecule has 1 saturated heterocycles. The molecule has 0 aromatic carbocycles. The Morgan fingerprint density at radius 1 is 1.42 bits per heavy atom. The number of thiophene rings is 1. The summed E-state index contributed by atoms with van der Waals surface area (Å²) in [5.41, 5.74) is 0. The molecule has 2 heterocycles. The average Bonchev–Trinajstić information content (AvgIpc) is 2.94. The number of nitrogens with one attached hydrogen (secondary N) is 1. The van der Waals surface area contributed by atoms with Crippen LogP contribution in [0.3, 0.4) is 0 Å². The summed E-state index contributed by atoms with van der Waals surface area (Å²) in [5.74, 6) is 0. The molecule has 108 valence electrons. The summed E-state index contributed by atoms with van der Waals surface area (Å²) < 4.78 is 0. The van der Waals surface area contributed by atoms with Crippen molar-refractivity contribution in [2.75, 3.05) is 40.3 Å². The Morgan fingerprint density at radius 2 is 2.26 bits per heavy atom. The Morgan fingerprint density at radius 3 is 2.95 bits per heavy atom. The van der Waals surface area contributed by atoms with E-state index in [4.69, 9.17) is 0 Å². The van der Waals surface area contributed by atoms with Crippen molar-refractivity contribution >= 4 is 11.3 Å². The van der Waals surface area contributed by atoms with E-state index in [-0.39, 0.29) is 0 Å². The zero-order chi connectivity index (χ0) is 13.7. The third kappa shape index (κ3) is 4.88. The lowest BCUT2D eigenvalue weighted by molar-refractivity contribution is 0.208. The molecule has 0 radical (unpaired) electrons. The Balaban J connectivity index is 1.64. The highest BCUT2D eigenvalue weighted by molar-refractivity contribution is 7.11. The molecule has 19 heavy (non-hydrogen) atoms. The molecule has 3 nitrogen and oxygen atoms in total. The van der Waals surface area contributed by atoms with Crippen molar-refractivity contribution in [2.24, 2.45) is 0 Å². The van der Waals surface area contributed by atoms with Crippen molar-refractivity contribution in [3.63, 3.8) is 0 Å². The summed E-state index contributed by atoms with van der Waals surface area (Å²) in [6.45, 7) is 7.95. The molecule has 0 spiro atoms. The molecule has 1 fully saturated rings. The van der Waals surface area contributed by atoms with Crippen LogP contribution in [-0.2, 0) is 6.54 Å². The highest BCUT2D eigenvalue weighted by Crippen LogP contribution is 2.17. The molecule has 1 N–H and O–H groups in total. The van der Waals surface area contributed by atoms with Gasteiger partial charge >= 0.3 is 0 Å². The highest BCUT2D eigenvalue weighted by atomic mass is 32.1. The molecule has 1 aliphatic heterocycles. The summed E-state index contributed by atoms with van der Waals surface area (Å²) >= 11 is 1.90. The number of hydrogen-bond acceptors (Lipinski definition) is 4. The van der Waals surface area contributed by atoms with Crippen LogP contribution in [0, 0.1) is 6.92 Å². The Labute approximate surface area is 121 Å². The summed E-state index contributed by atoms with van der Waals surface area (Å²) in [5, 5.41) is 3.57. The fraction of sp³-hybridized carbons (Fsp3) is 0.733. The van der Waals surface area contributed by atoms with Crippen molar-refractivity contribution in [3.8, 4) is 0 Å². The monoisotopic (exact) mass is 281 g/mol. The van der Waals surface area contributed by atoms with E-state index in [9.17, 15) is 0 Å². The van der Waals surface area contributed by atoms with Gasteiger partial charge in [0.1, 0.15) is 0 Å². The van der Waals surface area contributed by atoms with E-state index in [0.717, 1.165) is 19.1 Å². The van der Waals surface area contributed by atoms with Crippen LogP contribution in [0.5, 0.6) is 0 Å². The Kier molecular flexibility index (Phi) is 5.82. The molecule has 0 amide bonds. The zero-order valence-electron chi connectivity index (χ0n) is 12.5. The van der Waals surface area contributed by atoms with Gasteiger partial charge in [0.05, 0.1) is 0 Å². The van der Waals surface area contributed by atoms with Gasteiger partial charge in [-0.1, -0.05) is 0 Å². The molecule has 2 rings (SSSR count). The van der Waals surface area contributed by atoms with Crippen molar-refractivity contribution in [3.05, 3.63) is 21.9 Å². The van der Waals surface area contributed by atoms with E-state index < -0.39 is 0 Å². The second-order valence-corrected chi connectivity index (χ2v) is 7.16. The number of rotatable bonds is 7. The molecule has 1 aliphatic rings. The van der Waals surface area contributed by atoms with Crippen LogP contribution >= 0.6 is 11.3 Å². The average molecular weight is 281 g/mol. The van der Waals surface area contributed by atoms with E-state index >= 15 is 0 Å². The lowest BCUT2D eigenvalue weighted by Crippen LogP contribution is -2.40. The minimum atomic E-state index is 0.765. The van der Waals surface area contributed by atoms with Crippen LogP contribution in [-0.4, -0.2) is 56.1 Å². The topological polar surface area (TPSA) is 18.5 Å². The summed E-state index contributed by atoms with van der Waals surface area (Å²) in [6, 6.07) is 5.20. The second-order valence-electron chi connectivity index (χ2n) is 5.78. The first-order chi connectivity index (χ1) is 9.15. The second kappa shape index (κ2) is 7.39. The van der Waals surface area contributed by atoms with E-state index in [1.807, 2.05) is 11.3 Å². The van der Waals surface area contributed by atoms with Gasteiger partial charge in [0.15, 0.2) is 0 Å². The number of nitrogens with zero attached hydrogens (tertiary/aromatic N) is 2. The van der Waals surface area contributed by atoms with E-state index in [2.05, 4.69) is 48.3 Å². The third-order valence-corrected chi connectivity index (χ3v) is 4.75. The van der Waals surface area contributed by atoms with Gasteiger partial charge in [0.2, 0.25) is 0 Å². The molecule has 0 aliphatic carbocycles. The zero-order valence-corrected chi connectivity index (χ0v) is 13.3. The van der Waals surface area contributed by atoms with Gasteiger partial charge in [0.25, 0.3) is 0 Å². The summed E-state index contributed by atoms with van der Waals surface area (Å²) in [4.78, 5) is 7.81. The molecule has 1 aromatic rings. The lowest BCUT2D eigenvalue weighted by atomic mass is 10.2. The highest BCUT2D eigenvalue weighted by Gasteiger charge is 2.23. The van der Waals surface area contributed by atoms with Crippen molar-refractivity contribution in [1.29, 1.82) is 0 Å². The van der Waals surface area contributed by atoms with Crippen LogP contribution in [0.25, 0.3) is 0 Å². The molecule has 0 saturated carbocycles. The summed E-state index contributed by atoms with van der Waals surface area (Å²) in [7, 11) is 4.35. The standard InChI is InChI=1S/C15H27N3S/c1-13-6-7-15(19-13)11-16-8-10-18-9-4-5-14(18)12-17(2)3/h6-7,14,16H,4-5,8-12H2,1-3H3. The molecule has 1 atom stereocenters. The Bertz CT molecular complexity index is 375. The Hall–Kier alpha value is -0.420. The molecular formula is C15H27N3S. The first-order valence-electron chi connectivity index (χ1n) is 7.30. The van der Waals surface area contributed by atoms with Gasteiger partial charge in [-0.05, 0) is 52.5 Å². The smallest absolute Gasteiger partial charge is 0.0300 e. The summed E-state index contributed by atoms with van der Waals surface area (Å²) in [6.07, 6.45) is 2.73. The van der Waals surface area contributed by atoms with Crippen LogP contribution in [0.1, 0.15) is 22.6 Å². The lowest BCUT2D eigenvalue weighted by Gasteiger charge is -2.27. The van der Waals surface area contributed by atoms with Crippen LogP contribution in [0.2, 0.25) is 0 Å². The van der Waals surface area contributed by atoms with Crippen LogP contribution < -0.4 is 5.32 Å². The largest absolute Gasteiger partial charge is 0.311 e.